The van der Waals surface area contributed by atoms with Crippen molar-refractivity contribution in [3.05, 3.63) is 29.3 Å². The summed E-state index contributed by atoms with van der Waals surface area (Å²) in [6, 6.07) is 5.70. The molecular formula is C15H24N2O. The third-order valence-corrected chi connectivity index (χ3v) is 3.28. The average molecular weight is 248 g/mol. The predicted octanol–water partition coefficient (Wildman–Crippen LogP) is 3.13. The maximum atomic E-state index is 12.1. The molecule has 0 heterocycles. The zero-order valence-corrected chi connectivity index (χ0v) is 11.8. The molecule has 3 heteroatoms. The molecule has 18 heavy (non-hydrogen) atoms. The minimum Gasteiger partial charge on any atom is -0.398 e. The van der Waals surface area contributed by atoms with Gasteiger partial charge in [0.05, 0.1) is 5.56 Å². The first-order valence-electron chi connectivity index (χ1n) is 6.61. The van der Waals surface area contributed by atoms with Crippen LogP contribution in [0.1, 0.15) is 49.5 Å². The van der Waals surface area contributed by atoms with Crippen LogP contribution in [-0.2, 0) is 0 Å². The molecule has 3 N–H and O–H groups in total. The third-order valence-electron chi connectivity index (χ3n) is 3.28. The Morgan fingerprint density at radius 3 is 2.61 bits per heavy atom. The number of carbonyl (C=O) groups is 1. The van der Waals surface area contributed by atoms with E-state index in [4.69, 9.17) is 5.73 Å². The van der Waals surface area contributed by atoms with Gasteiger partial charge < -0.3 is 11.1 Å². The number of hydrogen-bond acceptors (Lipinski definition) is 2. The van der Waals surface area contributed by atoms with Crippen LogP contribution in [-0.4, -0.2) is 11.9 Å². The highest BCUT2D eigenvalue weighted by molar-refractivity contribution is 5.99. The van der Waals surface area contributed by atoms with Gasteiger partial charge >= 0.3 is 0 Å². The summed E-state index contributed by atoms with van der Waals surface area (Å²) in [5.41, 5.74) is 8.04. The molecule has 2 atom stereocenters. The van der Waals surface area contributed by atoms with Crippen molar-refractivity contribution in [2.45, 2.75) is 46.6 Å². The molecular weight excluding hydrogens is 224 g/mol. The van der Waals surface area contributed by atoms with Crippen LogP contribution < -0.4 is 11.1 Å². The van der Waals surface area contributed by atoms with E-state index >= 15 is 0 Å². The molecule has 3 nitrogen and oxygen atoms in total. The van der Waals surface area contributed by atoms with E-state index in [1.165, 1.54) is 0 Å². The third kappa shape index (κ3) is 4.06. The molecule has 1 amide bonds. The van der Waals surface area contributed by atoms with Crippen molar-refractivity contribution in [1.82, 2.24) is 5.32 Å². The van der Waals surface area contributed by atoms with Crippen LogP contribution in [0, 0.1) is 12.8 Å². The first kappa shape index (κ1) is 14.6. The second-order valence-corrected chi connectivity index (χ2v) is 5.21. The normalized spacial score (nSPS) is 14.0. The van der Waals surface area contributed by atoms with Gasteiger partial charge in [0.2, 0.25) is 0 Å². The highest BCUT2D eigenvalue weighted by Gasteiger charge is 2.14. The summed E-state index contributed by atoms with van der Waals surface area (Å²) in [6.45, 7) is 8.36. The summed E-state index contributed by atoms with van der Waals surface area (Å²) >= 11 is 0. The van der Waals surface area contributed by atoms with Crippen LogP contribution in [0.5, 0.6) is 0 Å². The quantitative estimate of drug-likeness (QED) is 0.787. The molecule has 0 spiro atoms. The minimum atomic E-state index is -0.0803. The van der Waals surface area contributed by atoms with Gasteiger partial charge in [-0.2, -0.15) is 0 Å². The lowest BCUT2D eigenvalue weighted by atomic mass is 10.00. The zero-order valence-electron chi connectivity index (χ0n) is 11.8. The Morgan fingerprint density at radius 2 is 2.06 bits per heavy atom. The van der Waals surface area contributed by atoms with E-state index in [9.17, 15) is 4.79 Å². The lowest BCUT2D eigenvalue weighted by Crippen LogP contribution is -2.34. The fourth-order valence-corrected chi connectivity index (χ4v) is 2.02. The Balaban J connectivity index is 2.65. The molecule has 1 aromatic carbocycles. The fraction of sp³-hybridized carbons (Fsp3) is 0.533. The van der Waals surface area contributed by atoms with Crippen molar-refractivity contribution in [3.8, 4) is 0 Å². The highest BCUT2D eigenvalue weighted by Crippen LogP contribution is 2.15. The molecule has 1 aromatic rings. The van der Waals surface area contributed by atoms with Crippen LogP contribution in [0.15, 0.2) is 18.2 Å². The van der Waals surface area contributed by atoms with E-state index in [0.717, 1.165) is 18.4 Å². The first-order valence-corrected chi connectivity index (χ1v) is 6.61. The number of amides is 1. The Hall–Kier alpha value is -1.51. The topological polar surface area (TPSA) is 55.1 Å². The lowest BCUT2D eigenvalue weighted by molar-refractivity contribution is 0.0936. The minimum absolute atomic E-state index is 0.0803. The molecule has 0 saturated carbocycles. The van der Waals surface area contributed by atoms with E-state index in [2.05, 4.69) is 19.2 Å². The second-order valence-electron chi connectivity index (χ2n) is 5.21. The zero-order chi connectivity index (χ0) is 13.7. The number of aryl methyl sites for hydroxylation is 1. The number of nitrogens with two attached hydrogens (primary N) is 1. The van der Waals surface area contributed by atoms with E-state index in [0.29, 0.717) is 17.2 Å². The van der Waals surface area contributed by atoms with Gasteiger partial charge in [0, 0.05) is 11.7 Å². The largest absolute Gasteiger partial charge is 0.398 e. The molecule has 0 bridgehead atoms. The first-order chi connectivity index (χ1) is 8.43. The van der Waals surface area contributed by atoms with Crippen molar-refractivity contribution in [3.63, 3.8) is 0 Å². The predicted molar refractivity (Wildman–Crippen MR) is 76.6 cm³/mol. The van der Waals surface area contributed by atoms with Crippen LogP contribution >= 0.6 is 0 Å². The molecule has 0 aliphatic heterocycles. The average Bonchev–Trinajstić information content (AvgIpc) is 2.28. The number of benzene rings is 1. The number of anilines is 1. The summed E-state index contributed by atoms with van der Waals surface area (Å²) in [6.07, 6.45) is 2.13. The Labute approximate surface area is 110 Å². The maximum absolute atomic E-state index is 12.1. The Morgan fingerprint density at radius 1 is 1.39 bits per heavy atom. The summed E-state index contributed by atoms with van der Waals surface area (Å²) in [5, 5.41) is 3.00. The SMILES string of the molecule is CCC(C)CC(C)NC(=O)c1ccc(C)cc1N. The fourth-order valence-electron chi connectivity index (χ4n) is 2.02. The molecule has 100 valence electrons. The van der Waals surface area contributed by atoms with Crippen LogP contribution in [0.4, 0.5) is 5.69 Å². The van der Waals surface area contributed by atoms with Crippen molar-refractivity contribution in [2.75, 3.05) is 5.73 Å². The van der Waals surface area contributed by atoms with E-state index < -0.39 is 0 Å². The monoisotopic (exact) mass is 248 g/mol. The summed E-state index contributed by atoms with van der Waals surface area (Å²) in [7, 11) is 0. The van der Waals surface area contributed by atoms with Crippen LogP contribution in [0.2, 0.25) is 0 Å². The van der Waals surface area contributed by atoms with Crippen molar-refractivity contribution in [2.24, 2.45) is 5.92 Å². The van der Waals surface area contributed by atoms with Gasteiger partial charge in [-0.25, -0.2) is 0 Å². The van der Waals surface area contributed by atoms with E-state index in [1.807, 2.05) is 26.0 Å². The number of hydrogen-bond donors (Lipinski definition) is 2. The maximum Gasteiger partial charge on any atom is 0.253 e. The van der Waals surface area contributed by atoms with E-state index in [-0.39, 0.29) is 11.9 Å². The van der Waals surface area contributed by atoms with Gasteiger partial charge in [-0.1, -0.05) is 26.3 Å². The van der Waals surface area contributed by atoms with Gasteiger partial charge in [0.1, 0.15) is 0 Å². The highest BCUT2D eigenvalue weighted by atomic mass is 16.1. The molecule has 0 fully saturated rings. The lowest BCUT2D eigenvalue weighted by Gasteiger charge is -2.18. The molecule has 0 saturated heterocycles. The van der Waals surface area contributed by atoms with E-state index in [1.54, 1.807) is 6.07 Å². The van der Waals surface area contributed by atoms with Gasteiger partial charge in [0.15, 0.2) is 0 Å². The smallest absolute Gasteiger partial charge is 0.253 e. The standard InChI is InChI=1S/C15H24N2O/c1-5-10(2)8-12(4)17-15(18)13-7-6-11(3)9-14(13)16/h6-7,9-10,12H,5,8,16H2,1-4H3,(H,17,18). The number of rotatable bonds is 5. The molecule has 1 rings (SSSR count). The van der Waals surface area contributed by atoms with Crippen molar-refractivity contribution < 1.29 is 4.79 Å². The van der Waals surface area contributed by atoms with Gasteiger partial charge in [-0.05, 0) is 43.9 Å². The number of nitrogens with one attached hydrogen (secondary N) is 1. The molecule has 0 radical (unpaired) electrons. The molecule has 2 unspecified atom stereocenters. The van der Waals surface area contributed by atoms with Gasteiger partial charge in [0.25, 0.3) is 5.91 Å². The number of carbonyl (C=O) groups excluding carboxylic acids is 1. The van der Waals surface area contributed by atoms with Gasteiger partial charge in [-0.15, -0.1) is 0 Å². The Kier molecular flexibility index (Phi) is 5.20. The van der Waals surface area contributed by atoms with Gasteiger partial charge in [-0.3, -0.25) is 4.79 Å². The summed E-state index contributed by atoms with van der Waals surface area (Å²) in [4.78, 5) is 12.1. The van der Waals surface area contributed by atoms with Crippen molar-refractivity contribution >= 4 is 11.6 Å². The molecule has 0 aliphatic rings. The summed E-state index contributed by atoms with van der Waals surface area (Å²) in [5.74, 6) is 0.541. The molecule has 0 aliphatic carbocycles. The van der Waals surface area contributed by atoms with Crippen LogP contribution in [0.25, 0.3) is 0 Å². The summed E-state index contributed by atoms with van der Waals surface area (Å²) < 4.78 is 0. The Bertz CT molecular complexity index is 415. The second kappa shape index (κ2) is 6.43. The van der Waals surface area contributed by atoms with Crippen molar-refractivity contribution in [1.29, 1.82) is 0 Å². The van der Waals surface area contributed by atoms with Crippen LogP contribution in [0.3, 0.4) is 0 Å². The molecule has 0 aromatic heterocycles. The number of nitrogen functional groups attached to an aromatic ring is 1.